The Hall–Kier alpha value is -1.80. The van der Waals surface area contributed by atoms with Crippen LogP contribution in [0.3, 0.4) is 0 Å². The van der Waals surface area contributed by atoms with Crippen molar-refractivity contribution in [3.8, 4) is 12.3 Å². The molecule has 0 amide bonds. The summed E-state index contributed by atoms with van der Waals surface area (Å²) in [7, 11) is -3.51. The van der Waals surface area contributed by atoms with Gasteiger partial charge in [0.05, 0.1) is 16.2 Å². The minimum atomic E-state index is -3.51. The summed E-state index contributed by atoms with van der Waals surface area (Å²) in [6.07, 6.45) is 5.13. The molecule has 17 heavy (non-hydrogen) atoms. The van der Waals surface area contributed by atoms with E-state index in [1.807, 2.05) is 0 Å². The molecule has 1 N–H and O–H groups in total. The molecule has 0 unspecified atom stereocenters. The Bertz CT molecular complexity index is 579. The van der Waals surface area contributed by atoms with Crippen LogP contribution in [-0.4, -0.2) is 25.2 Å². The molecule has 0 aliphatic carbocycles. The summed E-state index contributed by atoms with van der Waals surface area (Å²) in [6, 6.07) is 4.02. The van der Waals surface area contributed by atoms with Gasteiger partial charge in [-0.2, -0.15) is 0 Å². The van der Waals surface area contributed by atoms with Crippen molar-refractivity contribution in [1.82, 2.24) is 0 Å². The second-order valence-electron chi connectivity index (χ2n) is 3.56. The van der Waals surface area contributed by atoms with E-state index in [2.05, 4.69) is 5.92 Å². The molecule has 90 valence electrons. The third-order valence-corrected chi connectivity index (χ3v) is 4.14. The minimum absolute atomic E-state index is 0.0349. The molecular weight excluding hydrogens is 240 g/mol. The summed E-state index contributed by atoms with van der Waals surface area (Å²) in [4.78, 5) is 10.8. The van der Waals surface area contributed by atoms with Gasteiger partial charge in [0.25, 0.3) is 0 Å². The van der Waals surface area contributed by atoms with Crippen molar-refractivity contribution in [2.75, 3.05) is 5.75 Å². The number of sulfone groups is 1. The fourth-order valence-corrected chi connectivity index (χ4v) is 2.84. The van der Waals surface area contributed by atoms with Crippen LogP contribution < -0.4 is 0 Å². The number of carboxylic acids is 1. The van der Waals surface area contributed by atoms with Gasteiger partial charge in [0, 0.05) is 6.42 Å². The number of terminal acetylenes is 1. The van der Waals surface area contributed by atoms with E-state index in [4.69, 9.17) is 11.5 Å². The van der Waals surface area contributed by atoms with Crippen molar-refractivity contribution < 1.29 is 18.3 Å². The lowest BCUT2D eigenvalue weighted by molar-refractivity contribution is 0.0696. The Labute approximate surface area is 100 Å². The third kappa shape index (κ3) is 3.08. The first kappa shape index (κ1) is 13.3. The maximum atomic E-state index is 11.9. The molecule has 0 bridgehead atoms. The van der Waals surface area contributed by atoms with Crippen LogP contribution in [0.2, 0.25) is 0 Å². The summed E-state index contributed by atoms with van der Waals surface area (Å²) in [5.41, 5.74) is 0.474. The van der Waals surface area contributed by atoms with E-state index in [0.29, 0.717) is 5.56 Å². The molecule has 0 spiro atoms. The number of rotatable bonds is 4. The quantitative estimate of drug-likeness (QED) is 0.824. The molecule has 0 fully saturated rings. The molecule has 0 heterocycles. The predicted molar refractivity (Wildman–Crippen MR) is 63.6 cm³/mol. The van der Waals surface area contributed by atoms with Gasteiger partial charge in [-0.25, -0.2) is 13.2 Å². The van der Waals surface area contributed by atoms with Gasteiger partial charge in [0.1, 0.15) is 0 Å². The van der Waals surface area contributed by atoms with Crippen molar-refractivity contribution in [1.29, 1.82) is 0 Å². The fourth-order valence-electron chi connectivity index (χ4n) is 1.37. The number of benzene rings is 1. The SMILES string of the molecule is C#CCCS(=O)(=O)c1cc(C(=O)O)ccc1C. The molecule has 5 heteroatoms. The van der Waals surface area contributed by atoms with Gasteiger partial charge in [-0.1, -0.05) is 6.07 Å². The van der Waals surface area contributed by atoms with Gasteiger partial charge < -0.3 is 5.11 Å². The molecule has 0 saturated heterocycles. The van der Waals surface area contributed by atoms with Gasteiger partial charge in [0.15, 0.2) is 9.84 Å². The maximum absolute atomic E-state index is 11.9. The lowest BCUT2D eigenvalue weighted by Crippen LogP contribution is -2.09. The van der Waals surface area contributed by atoms with Gasteiger partial charge in [0.2, 0.25) is 0 Å². The highest BCUT2D eigenvalue weighted by molar-refractivity contribution is 7.91. The predicted octanol–water partition coefficient (Wildman–Crippen LogP) is 1.49. The average Bonchev–Trinajstić information content (AvgIpc) is 2.26. The molecule has 0 aliphatic rings. The molecule has 0 aliphatic heterocycles. The van der Waals surface area contributed by atoms with Gasteiger partial charge in [-0.05, 0) is 24.6 Å². The van der Waals surface area contributed by atoms with E-state index in [1.165, 1.54) is 18.2 Å². The number of carbonyl (C=O) groups is 1. The highest BCUT2D eigenvalue weighted by Crippen LogP contribution is 2.19. The smallest absolute Gasteiger partial charge is 0.335 e. The van der Waals surface area contributed by atoms with E-state index in [9.17, 15) is 13.2 Å². The summed E-state index contributed by atoms with van der Waals surface area (Å²) in [5, 5.41) is 8.81. The Morgan fingerprint density at radius 1 is 1.47 bits per heavy atom. The summed E-state index contributed by atoms with van der Waals surface area (Å²) < 4.78 is 23.8. The van der Waals surface area contributed by atoms with E-state index in [-0.39, 0.29) is 22.6 Å². The third-order valence-electron chi connectivity index (χ3n) is 2.29. The number of hydrogen-bond donors (Lipinski definition) is 1. The number of carboxylic acid groups (broad SMARTS) is 1. The average molecular weight is 252 g/mol. The summed E-state index contributed by atoms with van der Waals surface area (Å²) >= 11 is 0. The normalized spacial score (nSPS) is 10.8. The van der Waals surface area contributed by atoms with Gasteiger partial charge >= 0.3 is 5.97 Å². The van der Waals surface area contributed by atoms with Crippen LogP contribution in [0.15, 0.2) is 23.1 Å². The largest absolute Gasteiger partial charge is 0.478 e. The van der Waals surface area contributed by atoms with Crippen LogP contribution in [0.25, 0.3) is 0 Å². The van der Waals surface area contributed by atoms with Crippen molar-refractivity contribution >= 4 is 15.8 Å². The molecule has 0 aromatic heterocycles. The molecule has 0 radical (unpaired) electrons. The maximum Gasteiger partial charge on any atom is 0.335 e. The van der Waals surface area contributed by atoms with Crippen molar-refractivity contribution in [3.63, 3.8) is 0 Å². The lowest BCUT2D eigenvalue weighted by Gasteiger charge is -2.07. The number of aryl methyl sites for hydroxylation is 1. The Morgan fingerprint density at radius 2 is 2.12 bits per heavy atom. The second-order valence-corrected chi connectivity index (χ2v) is 5.64. The van der Waals surface area contributed by atoms with Gasteiger partial charge in [-0.15, -0.1) is 12.3 Å². The molecule has 0 atom stereocenters. The van der Waals surface area contributed by atoms with E-state index in [1.54, 1.807) is 6.92 Å². The number of hydrogen-bond acceptors (Lipinski definition) is 3. The Kier molecular flexibility index (Phi) is 3.92. The number of aromatic carboxylic acids is 1. The Balaban J connectivity index is 3.26. The van der Waals surface area contributed by atoms with E-state index >= 15 is 0 Å². The van der Waals surface area contributed by atoms with Crippen molar-refractivity contribution in [2.24, 2.45) is 0 Å². The summed E-state index contributed by atoms with van der Waals surface area (Å²) in [6.45, 7) is 1.62. The highest BCUT2D eigenvalue weighted by Gasteiger charge is 2.18. The van der Waals surface area contributed by atoms with Crippen molar-refractivity contribution in [3.05, 3.63) is 29.3 Å². The highest BCUT2D eigenvalue weighted by atomic mass is 32.2. The fraction of sp³-hybridized carbons (Fsp3) is 0.250. The zero-order chi connectivity index (χ0) is 13.1. The zero-order valence-electron chi connectivity index (χ0n) is 9.30. The molecule has 0 saturated carbocycles. The molecule has 4 nitrogen and oxygen atoms in total. The molecule has 1 aromatic carbocycles. The molecular formula is C12H12O4S. The monoisotopic (exact) mass is 252 g/mol. The van der Waals surface area contributed by atoms with E-state index in [0.717, 1.165) is 0 Å². The van der Waals surface area contributed by atoms with Crippen LogP contribution in [0.4, 0.5) is 0 Å². The van der Waals surface area contributed by atoms with Crippen LogP contribution in [0.1, 0.15) is 22.3 Å². The lowest BCUT2D eigenvalue weighted by atomic mass is 10.1. The van der Waals surface area contributed by atoms with Crippen LogP contribution in [0.5, 0.6) is 0 Å². The molecule has 1 aromatic rings. The first-order chi connectivity index (χ1) is 7.88. The van der Waals surface area contributed by atoms with Crippen molar-refractivity contribution in [2.45, 2.75) is 18.2 Å². The Morgan fingerprint density at radius 3 is 2.65 bits per heavy atom. The minimum Gasteiger partial charge on any atom is -0.478 e. The molecule has 1 rings (SSSR count). The van der Waals surface area contributed by atoms with Crippen LogP contribution >= 0.6 is 0 Å². The first-order valence-electron chi connectivity index (χ1n) is 4.88. The second kappa shape index (κ2) is 5.02. The zero-order valence-corrected chi connectivity index (χ0v) is 10.1. The first-order valence-corrected chi connectivity index (χ1v) is 6.54. The van der Waals surface area contributed by atoms with Crippen LogP contribution in [0, 0.1) is 19.3 Å². The summed E-state index contributed by atoms with van der Waals surface area (Å²) in [5.74, 6) is 0.927. The standard InChI is InChI=1S/C12H12O4S/c1-3-4-7-17(15,16)11-8-10(12(13)14)6-5-9(11)2/h1,5-6,8H,4,7H2,2H3,(H,13,14). The van der Waals surface area contributed by atoms with Crippen LogP contribution in [-0.2, 0) is 9.84 Å². The topological polar surface area (TPSA) is 71.4 Å². The van der Waals surface area contributed by atoms with Gasteiger partial charge in [-0.3, -0.25) is 0 Å². The van der Waals surface area contributed by atoms with E-state index < -0.39 is 15.8 Å².